The van der Waals surface area contributed by atoms with Gasteiger partial charge >= 0.3 is 0 Å². The highest BCUT2D eigenvalue weighted by Gasteiger charge is 2.19. The molecule has 1 unspecified atom stereocenters. The minimum atomic E-state index is 0.187. The molecule has 2 heterocycles. The monoisotopic (exact) mass is 328 g/mol. The highest BCUT2D eigenvalue weighted by atomic mass is 16.5. The van der Waals surface area contributed by atoms with Gasteiger partial charge in [0.25, 0.3) is 0 Å². The van der Waals surface area contributed by atoms with Crippen LogP contribution in [0.5, 0.6) is 5.75 Å². The molecule has 0 saturated carbocycles. The van der Waals surface area contributed by atoms with Gasteiger partial charge < -0.3 is 14.6 Å². The Bertz CT molecular complexity index is 684. The minimum Gasteiger partial charge on any atom is -0.496 e. The van der Waals surface area contributed by atoms with Crippen LogP contribution in [0.2, 0.25) is 0 Å². The van der Waals surface area contributed by atoms with Crippen molar-refractivity contribution in [1.82, 2.24) is 20.1 Å². The first-order chi connectivity index (χ1) is 11.6. The number of nitrogens with one attached hydrogen (secondary N) is 1. The lowest BCUT2D eigenvalue weighted by atomic mass is 10.1. The van der Waals surface area contributed by atoms with Crippen molar-refractivity contribution in [3.63, 3.8) is 0 Å². The van der Waals surface area contributed by atoms with E-state index < -0.39 is 0 Å². The Morgan fingerprint density at radius 3 is 2.62 bits per heavy atom. The van der Waals surface area contributed by atoms with Gasteiger partial charge in [-0.2, -0.15) is 0 Å². The zero-order chi connectivity index (χ0) is 17.1. The number of hydrogen-bond acceptors (Lipinski definition) is 4. The van der Waals surface area contributed by atoms with Crippen LogP contribution in [0.3, 0.4) is 0 Å². The highest BCUT2D eigenvalue weighted by Crippen LogP contribution is 2.25. The zero-order valence-corrected chi connectivity index (χ0v) is 15.2. The van der Waals surface area contributed by atoms with Gasteiger partial charge in [-0.25, -0.2) is 0 Å². The molecule has 1 aliphatic rings. The topological polar surface area (TPSA) is 52.0 Å². The van der Waals surface area contributed by atoms with Crippen LogP contribution >= 0.6 is 0 Å². The number of aryl methyl sites for hydroxylation is 3. The minimum absolute atomic E-state index is 0.187. The Morgan fingerprint density at radius 2 is 1.92 bits per heavy atom. The number of rotatable bonds is 5. The van der Waals surface area contributed by atoms with Gasteiger partial charge in [-0.05, 0) is 50.3 Å². The van der Waals surface area contributed by atoms with Crippen molar-refractivity contribution in [2.75, 3.05) is 7.11 Å². The Labute approximate surface area is 144 Å². The number of ether oxygens (including phenoxy) is 1. The summed E-state index contributed by atoms with van der Waals surface area (Å²) >= 11 is 0. The summed E-state index contributed by atoms with van der Waals surface area (Å²) in [5.41, 5.74) is 3.63. The van der Waals surface area contributed by atoms with E-state index in [0.717, 1.165) is 36.9 Å². The van der Waals surface area contributed by atoms with Crippen LogP contribution in [0.15, 0.2) is 12.1 Å². The number of fused-ring (bicyclic) bond motifs is 1. The Kier molecular flexibility index (Phi) is 5.19. The average Bonchev–Trinajstić information content (AvgIpc) is 2.81. The highest BCUT2D eigenvalue weighted by molar-refractivity contribution is 5.43. The van der Waals surface area contributed by atoms with Crippen molar-refractivity contribution in [1.29, 1.82) is 0 Å². The number of nitrogens with zero attached hydrogens (tertiary/aromatic N) is 3. The summed E-state index contributed by atoms with van der Waals surface area (Å²) in [6.45, 7) is 8.22. The Hall–Kier alpha value is -1.88. The second kappa shape index (κ2) is 7.34. The summed E-state index contributed by atoms with van der Waals surface area (Å²) in [7, 11) is 1.73. The third-order valence-corrected chi connectivity index (χ3v) is 4.86. The molecule has 0 saturated heterocycles. The molecular formula is C19H28N4O. The van der Waals surface area contributed by atoms with Gasteiger partial charge in [0, 0.05) is 19.5 Å². The molecule has 1 aliphatic heterocycles. The SMILES string of the molecule is COc1c(C)cc(CNC(C)c2nnc3n2CCCCC3)cc1C. The predicted molar refractivity (Wildman–Crippen MR) is 95.3 cm³/mol. The molecule has 0 aliphatic carbocycles. The van der Waals surface area contributed by atoms with E-state index in [1.54, 1.807) is 7.11 Å². The fraction of sp³-hybridized carbons (Fsp3) is 0.579. The third kappa shape index (κ3) is 3.46. The molecule has 2 aromatic rings. The average molecular weight is 328 g/mol. The molecule has 5 nitrogen and oxygen atoms in total. The number of benzene rings is 1. The quantitative estimate of drug-likeness (QED) is 0.913. The van der Waals surface area contributed by atoms with Gasteiger partial charge in [0.2, 0.25) is 0 Å². The maximum atomic E-state index is 5.45. The largest absolute Gasteiger partial charge is 0.496 e. The molecule has 1 aromatic heterocycles. The van der Waals surface area contributed by atoms with Gasteiger partial charge in [0.05, 0.1) is 13.2 Å². The number of aromatic nitrogens is 3. The van der Waals surface area contributed by atoms with E-state index in [4.69, 9.17) is 4.74 Å². The molecule has 0 bridgehead atoms. The third-order valence-electron chi connectivity index (χ3n) is 4.86. The molecule has 130 valence electrons. The van der Waals surface area contributed by atoms with Gasteiger partial charge in [0.1, 0.15) is 17.4 Å². The first-order valence-corrected chi connectivity index (χ1v) is 8.89. The summed E-state index contributed by atoms with van der Waals surface area (Å²) in [5.74, 6) is 3.19. The smallest absolute Gasteiger partial charge is 0.149 e. The second-order valence-electron chi connectivity index (χ2n) is 6.80. The van der Waals surface area contributed by atoms with E-state index in [-0.39, 0.29) is 6.04 Å². The molecule has 24 heavy (non-hydrogen) atoms. The number of hydrogen-bond donors (Lipinski definition) is 1. The van der Waals surface area contributed by atoms with Crippen molar-refractivity contribution >= 4 is 0 Å². The van der Waals surface area contributed by atoms with Crippen molar-refractivity contribution in [2.45, 2.75) is 65.6 Å². The van der Waals surface area contributed by atoms with Gasteiger partial charge in [-0.1, -0.05) is 18.6 Å². The standard InChI is InChI=1S/C19H28N4O/c1-13-10-16(11-14(2)18(13)24-4)12-20-15(3)19-22-21-17-8-6-5-7-9-23(17)19/h10-11,15,20H,5-9,12H2,1-4H3. The lowest BCUT2D eigenvalue weighted by Crippen LogP contribution is -2.22. The lowest BCUT2D eigenvalue weighted by Gasteiger charge is -2.16. The summed E-state index contributed by atoms with van der Waals surface area (Å²) in [6, 6.07) is 4.57. The van der Waals surface area contributed by atoms with Gasteiger partial charge in [0.15, 0.2) is 0 Å². The predicted octanol–water partition coefficient (Wildman–Crippen LogP) is 3.48. The van der Waals surface area contributed by atoms with E-state index >= 15 is 0 Å². The van der Waals surface area contributed by atoms with E-state index in [2.05, 4.69) is 53.0 Å². The van der Waals surface area contributed by atoms with Crippen LogP contribution in [0.4, 0.5) is 0 Å². The van der Waals surface area contributed by atoms with Gasteiger partial charge in [-0.3, -0.25) is 0 Å². The van der Waals surface area contributed by atoms with Gasteiger partial charge in [-0.15, -0.1) is 10.2 Å². The maximum Gasteiger partial charge on any atom is 0.149 e. The van der Waals surface area contributed by atoms with Crippen LogP contribution in [0.25, 0.3) is 0 Å². The van der Waals surface area contributed by atoms with Crippen LogP contribution in [0.1, 0.15) is 60.6 Å². The Balaban J connectivity index is 1.70. The molecule has 0 spiro atoms. The normalized spacial score (nSPS) is 15.7. The van der Waals surface area contributed by atoms with Crippen molar-refractivity contribution in [3.05, 3.63) is 40.5 Å². The molecule has 0 radical (unpaired) electrons. The van der Waals surface area contributed by atoms with Crippen LogP contribution in [-0.4, -0.2) is 21.9 Å². The summed E-state index contributed by atoms with van der Waals surface area (Å²) in [6.07, 6.45) is 4.79. The van der Waals surface area contributed by atoms with E-state index in [0.29, 0.717) is 0 Å². The molecular weight excluding hydrogens is 300 g/mol. The first-order valence-electron chi connectivity index (χ1n) is 8.89. The fourth-order valence-corrected chi connectivity index (χ4v) is 3.65. The van der Waals surface area contributed by atoms with E-state index in [1.807, 2.05) is 0 Å². The maximum absolute atomic E-state index is 5.45. The van der Waals surface area contributed by atoms with Crippen LogP contribution in [0, 0.1) is 13.8 Å². The van der Waals surface area contributed by atoms with Crippen molar-refractivity contribution in [2.24, 2.45) is 0 Å². The molecule has 5 heteroatoms. The van der Waals surface area contributed by atoms with Crippen molar-refractivity contribution < 1.29 is 4.74 Å². The zero-order valence-electron chi connectivity index (χ0n) is 15.2. The van der Waals surface area contributed by atoms with Crippen LogP contribution in [-0.2, 0) is 19.5 Å². The fourth-order valence-electron chi connectivity index (χ4n) is 3.65. The van der Waals surface area contributed by atoms with Crippen molar-refractivity contribution in [3.8, 4) is 5.75 Å². The summed E-state index contributed by atoms with van der Waals surface area (Å²) in [4.78, 5) is 0. The lowest BCUT2D eigenvalue weighted by molar-refractivity contribution is 0.408. The molecule has 1 N–H and O–H groups in total. The molecule has 1 aromatic carbocycles. The molecule has 0 fully saturated rings. The number of methoxy groups -OCH3 is 1. The molecule has 3 rings (SSSR count). The molecule has 0 amide bonds. The Morgan fingerprint density at radius 1 is 1.17 bits per heavy atom. The summed E-state index contributed by atoms with van der Waals surface area (Å²) < 4.78 is 7.76. The first kappa shape index (κ1) is 17.0. The van der Waals surface area contributed by atoms with E-state index in [9.17, 15) is 0 Å². The van der Waals surface area contributed by atoms with Crippen LogP contribution < -0.4 is 10.1 Å². The second-order valence-corrected chi connectivity index (χ2v) is 6.80. The van der Waals surface area contributed by atoms with E-state index in [1.165, 1.54) is 36.0 Å². The molecule has 1 atom stereocenters. The summed E-state index contributed by atoms with van der Waals surface area (Å²) in [5, 5.41) is 12.4.